The highest BCUT2D eigenvalue weighted by atomic mass is 32.2. The van der Waals surface area contributed by atoms with Crippen LogP contribution >= 0.6 is 0 Å². The van der Waals surface area contributed by atoms with Crippen LogP contribution < -0.4 is 4.72 Å². The summed E-state index contributed by atoms with van der Waals surface area (Å²) in [5, 5.41) is 0. The SMILES string of the molecule is Cc1cc(C(=O)NS(=O)(=O)CCN2C(=O)c3ccccc3C2=O)c(C)n1Cc1ccccc1. The summed E-state index contributed by atoms with van der Waals surface area (Å²) in [5.41, 5.74) is 3.27. The molecule has 3 amide bonds. The van der Waals surface area contributed by atoms with E-state index in [0.29, 0.717) is 12.2 Å². The first kappa shape index (κ1) is 22.5. The average Bonchev–Trinajstić information content (AvgIpc) is 3.21. The van der Waals surface area contributed by atoms with Crippen molar-refractivity contribution in [2.75, 3.05) is 12.3 Å². The molecule has 0 saturated heterocycles. The summed E-state index contributed by atoms with van der Waals surface area (Å²) in [6, 6.07) is 17.7. The third-order valence-corrected chi connectivity index (χ3v) is 6.93. The zero-order valence-corrected chi connectivity index (χ0v) is 19.1. The zero-order chi connectivity index (χ0) is 23.8. The minimum absolute atomic E-state index is 0.245. The van der Waals surface area contributed by atoms with Crippen LogP contribution in [0.15, 0.2) is 60.7 Å². The Hall–Kier alpha value is -3.72. The number of rotatable bonds is 7. The Balaban J connectivity index is 1.44. The molecular weight excluding hydrogens is 442 g/mol. The van der Waals surface area contributed by atoms with Gasteiger partial charge in [0.2, 0.25) is 10.0 Å². The number of aromatic nitrogens is 1. The van der Waals surface area contributed by atoms with Crippen molar-refractivity contribution in [3.05, 3.63) is 94.3 Å². The number of carbonyl (C=O) groups is 3. The number of nitrogens with zero attached hydrogens (tertiary/aromatic N) is 2. The Labute approximate surface area is 191 Å². The van der Waals surface area contributed by atoms with Gasteiger partial charge in [-0.1, -0.05) is 42.5 Å². The van der Waals surface area contributed by atoms with Crippen LogP contribution in [0, 0.1) is 13.8 Å². The van der Waals surface area contributed by atoms with Crippen molar-refractivity contribution in [1.82, 2.24) is 14.2 Å². The summed E-state index contributed by atoms with van der Waals surface area (Å²) < 4.78 is 29.1. The summed E-state index contributed by atoms with van der Waals surface area (Å²) in [6.07, 6.45) is 0. The first-order valence-electron chi connectivity index (χ1n) is 10.4. The predicted molar refractivity (Wildman–Crippen MR) is 123 cm³/mol. The van der Waals surface area contributed by atoms with E-state index in [1.165, 1.54) is 12.1 Å². The van der Waals surface area contributed by atoms with Gasteiger partial charge < -0.3 is 4.57 Å². The lowest BCUT2D eigenvalue weighted by Crippen LogP contribution is -2.39. The standard InChI is InChI=1S/C24H23N3O5S/c1-16-14-21(17(2)27(16)15-18-8-4-3-5-9-18)22(28)25-33(31,32)13-12-26-23(29)19-10-6-7-11-20(19)24(26)30/h3-11,14H,12-13,15H2,1-2H3,(H,25,28). The largest absolute Gasteiger partial charge is 0.344 e. The number of carbonyl (C=O) groups excluding carboxylic acids is 3. The third-order valence-electron chi connectivity index (χ3n) is 5.71. The maximum absolute atomic E-state index is 12.8. The van der Waals surface area contributed by atoms with E-state index >= 15 is 0 Å². The number of benzene rings is 2. The van der Waals surface area contributed by atoms with Gasteiger partial charge in [0.25, 0.3) is 17.7 Å². The van der Waals surface area contributed by atoms with Gasteiger partial charge in [0.1, 0.15) is 0 Å². The van der Waals surface area contributed by atoms with Crippen LogP contribution in [0.3, 0.4) is 0 Å². The molecule has 0 spiro atoms. The topological polar surface area (TPSA) is 106 Å². The molecule has 3 aromatic rings. The summed E-state index contributed by atoms with van der Waals surface area (Å²) in [7, 11) is -4.08. The number of fused-ring (bicyclic) bond motifs is 1. The first-order valence-corrected chi connectivity index (χ1v) is 12.0. The number of amides is 3. The molecule has 0 saturated carbocycles. The molecule has 1 N–H and O–H groups in total. The second kappa shape index (κ2) is 8.67. The van der Waals surface area contributed by atoms with Gasteiger partial charge in [-0.25, -0.2) is 13.1 Å². The molecule has 2 heterocycles. The molecule has 0 radical (unpaired) electrons. The van der Waals surface area contributed by atoms with Gasteiger partial charge in [0.05, 0.1) is 22.4 Å². The van der Waals surface area contributed by atoms with E-state index in [1.54, 1.807) is 25.1 Å². The minimum atomic E-state index is -4.08. The van der Waals surface area contributed by atoms with Crippen molar-refractivity contribution in [1.29, 1.82) is 0 Å². The molecular formula is C24H23N3O5S. The molecule has 33 heavy (non-hydrogen) atoms. The highest BCUT2D eigenvalue weighted by Crippen LogP contribution is 2.22. The highest BCUT2D eigenvalue weighted by molar-refractivity contribution is 7.90. The van der Waals surface area contributed by atoms with E-state index in [0.717, 1.165) is 16.2 Å². The van der Waals surface area contributed by atoms with Crippen LogP contribution in [0.25, 0.3) is 0 Å². The normalized spacial score (nSPS) is 13.3. The van der Waals surface area contributed by atoms with E-state index in [9.17, 15) is 22.8 Å². The molecule has 1 aliphatic heterocycles. The molecule has 1 aromatic heterocycles. The monoisotopic (exact) mass is 465 g/mol. The van der Waals surface area contributed by atoms with Crippen molar-refractivity contribution in [3.63, 3.8) is 0 Å². The summed E-state index contributed by atoms with van der Waals surface area (Å²) >= 11 is 0. The molecule has 170 valence electrons. The fourth-order valence-electron chi connectivity index (χ4n) is 3.94. The Morgan fingerprint density at radius 3 is 2.09 bits per heavy atom. The van der Waals surface area contributed by atoms with Gasteiger partial charge in [-0.3, -0.25) is 19.3 Å². The fraction of sp³-hybridized carbons (Fsp3) is 0.208. The van der Waals surface area contributed by atoms with Crippen LogP contribution in [-0.2, 0) is 16.6 Å². The Bertz CT molecular complexity index is 1320. The minimum Gasteiger partial charge on any atom is -0.344 e. The maximum Gasteiger partial charge on any atom is 0.266 e. The van der Waals surface area contributed by atoms with E-state index in [-0.39, 0.29) is 23.2 Å². The lowest BCUT2D eigenvalue weighted by molar-refractivity contribution is 0.0664. The molecule has 2 aromatic carbocycles. The van der Waals surface area contributed by atoms with Crippen LogP contribution in [0.2, 0.25) is 0 Å². The average molecular weight is 466 g/mol. The molecule has 4 rings (SSSR count). The molecule has 0 unspecified atom stereocenters. The lowest BCUT2D eigenvalue weighted by Gasteiger charge is -2.14. The molecule has 1 aliphatic rings. The van der Waals surface area contributed by atoms with Gasteiger partial charge in [-0.05, 0) is 37.6 Å². The van der Waals surface area contributed by atoms with Gasteiger partial charge in [-0.15, -0.1) is 0 Å². The van der Waals surface area contributed by atoms with E-state index in [1.807, 2.05) is 41.8 Å². The van der Waals surface area contributed by atoms with Gasteiger partial charge in [-0.2, -0.15) is 0 Å². The molecule has 0 fully saturated rings. The van der Waals surface area contributed by atoms with Crippen molar-refractivity contribution in [2.24, 2.45) is 0 Å². The van der Waals surface area contributed by atoms with Crippen LogP contribution in [-0.4, -0.2) is 47.9 Å². The predicted octanol–water partition coefficient (Wildman–Crippen LogP) is 2.51. The summed E-state index contributed by atoms with van der Waals surface area (Å²) in [5.74, 6) is -2.40. The summed E-state index contributed by atoms with van der Waals surface area (Å²) in [6.45, 7) is 3.82. The molecule has 0 bridgehead atoms. The van der Waals surface area contributed by atoms with Crippen molar-refractivity contribution in [2.45, 2.75) is 20.4 Å². The third kappa shape index (κ3) is 4.45. The Morgan fingerprint density at radius 2 is 1.48 bits per heavy atom. The smallest absolute Gasteiger partial charge is 0.266 e. The number of sulfonamides is 1. The van der Waals surface area contributed by atoms with Crippen molar-refractivity contribution in [3.8, 4) is 0 Å². The maximum atomic E-state index is 12.8. The Morgan fingerprint density at radius 1 is 0.909 bits per heavy atom. The second-order valence-corrected chi connectivity index (χ2v) is 9.76. The number of nitrogens with one attached hydrogen (secondary N) is 1. The highest BCUT2D eigenvalue weighted by Gasteiger charge is 2.35. The van der Waals surface area contributed by atoms with Crippen molar-refractivity contribution >= 4 is 27.7 Å². The van der Waals surface area contributed by atoms with Gasteiger partial charge in [0.15, 0.2) is 0 Å². The van der Waals surface area contributed by atoms with Crippen LogP contribution in [0.1, 0.15) is 48.0 Å². The fourth-order valence-corrected chi connectivity index (χ4v) is 4.86. The molecule has 9 heteroatoms. The zero-order valence-electron chi connectivity index (χ0n) is 18.2. The van der Waals surface area contributed by atoms with Crippen molar-refractivity contribution < 1.29 is 22.8 Å². The number of aryl methyl sites for hydroxylation is 1. The van der Waals surface area contributed by atoms with Crippen LogP contribution in [0.4, 0.5) is 0 Å². The second-order valence-electron chi connectivity index (χ2n) is 7.91. The van der Waals surface area contributed by atoms with Gasteiger partial charge in [0, 0.05) is 24.5 Å². The van der Waals surface area contributed by atoms with E-state index in [2.05, 4.69) is 4.72 Å². The molecule has 0 aliphatic carbocycles. The quantitative estimate of drug-likeness (QED) is 0.540. The molecule has 0 atom stereocenters. The van der Waals surface area contributed by atoms with Crippen LogP contribution in [0.5, 0.6) is 0 Å². The van der Waals surface area contributed by atoms with E-state index < -0.39 is 33.5 Å². The number of imide groups is 1. The number of hydrogen-bond acceptors (Lipinski definition) is 5. The summed E-state index contributed by atoms with van der Waals surface area (Å²) in [4.78, 5) is 38.5. The first-order chi connectivity index (χ1) is 15.7. The lowest BCUT2D eigenvalue weighted by atomic mass is 10.1. The van der Waals surface area contributed by atoms with Gasteiger partial charge >= 0.3 is 0 Å². The van der Waals surface area contributed by atoms with E-state index in [4.69, 9.17) is 0 Å². The Kier molecular flexibility index (Phi) is 5.90. The number of hydrogen-bond donors (Lipinski definition) is 1. The molecule has 8 nitrogen and oxygen atoms in total.